The maximum absolute atomic E-state index is 12.6. The highest BCUT2D eigenvalue weighted by atomic mass is 16.5. The van der Waals surface area contributed by atoms with Gasteiger partial charge in [0.2, 0.25) is 0 Å². The van der Waals surface area contributed by atoms with E-state index in [-0.39, 0.29) is 17.7 Å². The van der Waals surface area contributed by atoms with Crippen LogP contribution in [-0.2, 0) is 11.3 Å². The standard InChI is InChI=1S/C25H23N3O4/c1-16-11-20(17(2)28(16)22-6-4-5-19(13-22)25(30)31)12-21(14-26)24(29)27-15-18-7-9-23(32-3)10-8-18/h4-13H,15H2,1-3H3,(H,27,29)(H,30,31)/b21-12-. The fraction of sp³-hybridized carbons (Fsp3) is 0.160. The van der Waals surface area contributed by atoms with E-state index in [4.69, 9.17) is 4.74 Å². The molecular weight excluding hydrogens is 406 g/mol. The van der Waals surface area contributed by atoms with Gasteiger partial charge < -0.3 is 19.7 Å². The molecule has 32 heavy (non-hydrogen) atoms. The lowest BCUT2D eigenvalue weighted by Crippen LogP contribution is -2.23. The van der Waals surface area contributed by atoms with Crippen molar-refractivity contribution in [3.8, 4) is 17.5 Å². The number of aromatic nitrogens is 1. The predicted octanol–water partition coefficient (Wildman–Crippen LogP) is 4.02. The second kappa shape index (κ2) is 9.67. The minimum Gasteiger partial charge on any atom is -0.497 e. The molecule has 0 saturated carbocycles. The van der Waals surface area contributed by atoms with Gasteiger partial charge in [-0.2, -0.15) is 5.26 Å². The number of ether oxygens (including phenoxy) is 1. The van der Waals surface area contributed by atoms with E-state index in [0.717, 1.165) is 22.7 Å². The number of rotatable bonds is 7. The molecule has 2 N–H and O–H groups in total. The first-order chi connectivity index (χ1) is 15.3. The fourth-order valence-corrected chi connectivity index (χ4v) is 3.43. The largest absolute Gasteiger partial charge is 0.497 e. The number of hydrogen-bond acceptors (Lipinski definition) is 4. The van der Waals surface area contributed by atoms with Crippen LogP contribution in [0.4, 0.5) is 0 Å². The third-order valence-electron chi connectivity index (χ3n) is 5.10. The van der Waals surface area contributed by atoms with Gasteiger partial charge in [-0.05, 0) is 67.4 Å². The smallest absolute Gasteiger partial charge is 0.335 e. The van der Waals surface area contributed by atoms with Crippen molar-refractivity contribution in [2.45, 2.75) is 20.4 Å². The lowest BCUT2D eigenvalue weighted by atomic mass is 10.1. The van der Waals surface area contributed by atoms with E-state index < -0.39 is 11.9 Å². The lowest BCUT2D eigenvalue weighted by Gasteiger charge is -2.10. The summed E-state index contributed by atoms with van der Waals surface area (Å²) in [5, 5.41) is 21.6. The summed E-state index contributed by atoms with van der Waals surface area (Å²) in [5.74, 6) is -0.752. The Balaban J connectivity index is 1.83. The van der Waals surface area contributed by atoms with E-state index in [2.05, 4.69) is 5.32 Å². The van der Waals surface area contributed by atoms with Crippen LogP contribution in [-0.4, -0.2) is 28.7 Å². The molecular formula is C25H23N3O4. The number of hydrogen-bond donors (Lipinski definition) is 2. The minimum absolute atomic E-state index is 0.0157. The lowest BCUT2D eigenvalue weighted by molar-refractivity contribution is -0.117. The molecule has 0 aliphatic carbocycles. The number of methoxy groups -OCH3 is 1. The van der Waals surface area contributed by atoms with Crippen LogP contribution in [0.2, 0.25) is 0 Å². The first-order valence-electron chi connectivity index (χ1n) is 9.89. The van der Waals surface area contributed by atoms with E-state index in [9.17, 15) is 20.0 Å². The van der Waals surface area contributed by atoms with Crippen LogP contribution in [0, 0.1) is 25.2 Å². The SMILES string of the molecule is COc1ccc(CNC(=O)/C(C#N)=C\c2cc(C)n(-c3cccc(C(=O)O)c3)c2C)cc1. The quantitative estimate of drug-likeness (QED) is 0.436. The van der Waals surface area contributed by atoms with E-state index >= 15 is 0 Å². The molecule has 162 valence electrons. The second-order valence-electron chi connectivity index (χ2n) is 7.22. The Labute approximate surface area is 186 Å². The van der Waals surface area contributed by atoms with Gasteiger partial charge >= 0.3 is 5.97 Å². The minimum atomic E-state index is -1.00. The summed E-state index contributed by atoms with van der Waals surface area (Å²) in [7, 11) is 1.58. The van der Waals surface area contributed by atoms with Crippen LogP contribution in [0.25, 0.3) is 11.8 Å². The number of carbonyl (C=O) groups is 2. The van der Waals surface area contributed by atoms with Gasteiger partial charge in [0.05, 0.1) is 12.7 Å². The maximum Gasteiger partial charge on any atom is 0.335 e. The van der Waals surface area contributed by atoms with Gasteiger partial charge in [0, 0.05) is 23.6 Å². The number of amides is 1. The zero-order valence-electron chi connectivity index (χ0n) is 18.0. The molecule has 0 atom stereocenters. The monoisotopic (exact) mass is 429 g/mol. The number of carboxylic acids is 1. The van der Waals surface area contributed by atoms with Gasteiger partial charge in [-0.3, -0.25) is 4.79 Å². The molecule has 1 amide bonds. The average molecular weight is 429 g/mol. The third kappa shape index (κ3) is 4.87. The van der Waals surface area contributed by atoms with Gasteiger partial charge in [0.15, 0.2) is 0 Å². The summed E-state index contributed by atoms with van der Waals surface area (Å²) in [5.41, 5.74) is 4.10. The summed E-state index contributed by atoms with van der Waals surface area (Å²) in [4.78, 5) is 23.9. The van der Waals surface area contributed by atoms with E-state index in [1.807, 2.05) is 48.7 Å². The maximum atomic E-state index is 12.6. The van der Waals surface area contributed by atoms with Gasteiger partial charge in [-0.25, -0.2) is 4.79 Å². The van der Waals surface area contributed by atoms with E-state index in [1.54, 1.807) is 37.5 Å². The topological polar surface area (TPSA) is 104 Å². The zero-order chi connectivity index (χ0) is 23.3. The predicted molar refractivity (Wildman–Crippen MR) is 121 cm³/mol. The Morgan fingerprint density at radius 3 is 2.50 bits per heavy atom. The van der Waals surface area contributed by atoms with E-state index in [0.29, 0.717) is 11.3 Å². The number of nitrogens with zero attached hydrogens (tertiary/aromatic N) is 2. The van der Waals surface area contributed by atoms with Gasteiger partial charge in [0.25, 0.3) is 5.91 Å². The van der Waals surface area contributed by atoms with Crippen molar-refractivity contribution in [2.75, 3.05) is 7.11 Å². The molecule has 0 aliphatic heterocycles. The van der Waals surface area contributed by atoms with Crippen molar-refractivity contribution in [2.24, 2.45) is 0 Å². The number of nitriles is 1. The van der Waals surface area contributed by atoms with Crippen LogP contribution in [0.15, 0.2) is 60.2 Å². The normalized spacial score (nSPS) is 11.0. The Hall–Kier alpha value is -4.31. The van der Waals surface area contributed by atoms with Crippen LogP contribution in [0.3, 0.4) is 0 Å². The first-order valence-corrected chi connectivity index (χ1v) is 9.89. The zero-order valence-corrected chi connectivity index (χ0v) is 18.0. The highest BCUT2D eigenvalue weighted by molar-refractivity contribution is 6.01. The Morgan fingerprint density at radius 2 is 1.88 bits per heavy atom. The fourth-order valence-electron chi connectivity index (χ4n) is 3.43. The molecule has 1 aromatic heterocycles. The van der Waals surface area contributed by atoms with Crippen molar-refractivity contribution >= 4 is 18.0 Å². The average Bonchev–Trinajstić information content (AvgIpc) is 3.08. The van der Waals surface area contributed by atoms with Crippen molar-refractivity contribution < 1.29 is 19.4 Å². The van der Waals surface area contributed by atoms with E-state index in [1.165, 1.54) is 6.07 Å². The van der Waals surface area contributed by atoms with Crippen molar-refractivity contribution in [1.29, 1.82) is 5.26 Å². The third-order valence-corrected chi connectivity index (χ3v) is 5.10. The van der Waals surface area contributed by atoms with Gasteiger partial charge in [0.1, 0.15) is 17.4 Å². The molecule has 3 aromatic rings. The summed E-state index contributed by atoms with van der Waals surface area (Å²) in [6, 6.07) is 17.7. The first kappa shape index (κ1) is 22.4. The molecule has 0 spiro atoms. The number of carboxylic acid groups (broad SMARTS) is 1. The Morgan fingerprint density at radius 1 is 1.16 bits per heavy atom. The number of nitrogens with one attached hydrogen (secondary N) is 1. The second-order valence-corrected chi connectivity index (χ2v) is 7.22. The Kier molecular flexibility index (Phi) is 6.76. The molecule has 3 rings (SSSR count). The highest BCUT2D eigenvalue weighted by Crippen LogP contribution is 2.23. The summed E-state index contributed by atoms with van der Waals surface area (Å²) in [6.07, 6.45) is 1.54. The van der Waals surface area contributed by atoms with Gasteiger partial charge in [-0.1, -0.05) is 18.2 Å². The van der Waals surface area contributed by atoms with Crippen LogP contribution < -0.4 is 10.1 Å². The summed E-state index contributed by atoms with van der Waals surface area (Å²) >= 11 is 0. The van der Waals surface area contributed by atoms with Gasteiger partial charge in [-0.15, -0.1) is 0 Å². The highest BCUT2D eigenvalue weighted by Gasteiger charge is 2.14. The molecule has 0 fully saturated rings. The molecule has 0 radical (unpaired) electrons. The molecule has 0 bridgehead atoms. The number of carbonyl (C=O) groups excluding carboxylic acids is 1. The molecule has 0 unspecified atom stereocenters. The van der Waals surface area contributed by atoms with Crippen LogP contribution >= 0.6 is 0 Å². The molecule has 7 heteroatoms. The molecule has 0 saturated heterocycles. The number of benzene rings is 2. The molecule has 0 aliphatic rings. The summed E-state index contributed by atoms with van der Waals surface area (Å²) < 4.78 is 7.01. The number of aromatic carboxylic acids is 1. The van der Waals surface area contributed by atoms with Crippen molar-refractivity contribution in [1.82, 2.24) is 9.88 Å². The Bertz CT molecular complexity index is 1230. The van der Waals surface area contributed by atoms with Crippen molar-refractivity contribution in [3.05, 3.63) is 88.2 Å². The molecule has 2 aromatic carbocycles. The summed E-state index contributed by atoms with van der Waals surface area (Å²) in [6.45, 7) is 4.02. The molecule has 7 nitrogen and oxygen atoms in total. The molecule has 1 heterocycles. The van der Waals surface area contributed by atoms with Crippen molar-refractivity contribution in [3.63, 3.8) is 0 Å². The number of aryl methyl sites for hydroxylation is 1. The van der Waals surface area contributed by atoms with Crippen LogP contribution in [0.1, 0.15) is 32.9 Å². The van der Waals surface area contributed by atoms with Crippen LogP contribution in [0.5, 0.6) is 5.75 Å².